The lowest BCUT2D eigenvalue weighted by molar-refractivity contribution is 0.434. The Hall–Kier alpha value is -1.01. The van der Waals surface area contributed by atoms with Crippen LogP contribution in [0.15, 0.2) is 59.5 Å². The Morgan fingerprint density at radius 1 is 1.05 bits per heavy atom. The molecule has 1 saturated heterocycles. The number of hydrogen-bond acceptors (Lipinski definition) is 3. The third kappa shape index (κ3) is 2.97. The lowest BCUT2D eigenvalue weighted by Gasteiger charge is -2.23. The molecular formula is C15H14ClNO2S2. The van der Waals surface area contributed by atoms with Crippen LogP contribution in [0.25, 0.3) is 0 Å². The highest BCUT2D eigenvalue weighted by Gasteiger charge is 2.36. The van der Waals surface area contributed by atoms with Gasteiger partial charge in [-0.25, -0.2) is 8.42 Å². The minimum Gasteiger partial charge on any atom is -0.207 e. The van der Waals surface area contributed by atoms with Crippen LogP contribution in [-0.2, 0) is 10.0 Å². The second-order valence-electron chi connectivity index (χ2n) is 4.70. The van der Waals surface area contributed by atoms with Crippen molar-refractivity contribution in [3.05, 3.63) is 65.2 Å². The van der Waals surface area contributed by atoms with Gasteiger partial charge >= 0.3 is 0 Å². The summed E-state index contributed by atoms with van der Waals surface area (Å²) in [6.07, 6.45) is 0. The molecule has 0 N–H and O–H groups in total. The Kier molecular flexibility index (Phi) is 4.26. The molecule has 0 spiro atoms. The van der Waals surface area contributed by atoms with Crippen LogP contribution in [-0.4, -0.2) is 25.0 Å². The van der Waals surface area contributed by atoms with E-state index in [9.17, 15) is 8.42 Å². The van der Waals surface area contributed by atoms with Crippen LogP contribution in [0.2, 0.25) is 5.02 Å². The summed E-state index contributed by atoms with van der Waals surface area (Å²) in [7, 11) is -3.47. The van der Waals surface area contributed by atoms with Crippen LogP contribution in [0.3, 0.4) is 0 Å². The van der Waals surface area contributed by atoms with Crippen molar-refractivity contribution in [1.29, 1.82) is 0 Å². The molecule has 3 nitrogen and oxygen atoms in total. The molecule has 2 aromatic rings. The summed E-state index contributed by atoms with van der Waals surface area (Å²) in [5, 5.41) is 0.465. The van der Waals surface area contributed by atoms with E-state index in [-0.39, 0.29) is 5.37 Å². The number of rotatable bonds is 3. The zero-order chi connectivity index (χ0) is 14.9. The SMILES string of the molecule is O=S(=O)(c1ccccc1)N1CCS[C@H]1c1ccc(Cl)cc1. The molecule has 1 fully saturated rings. The highest BCUT2D eigenvalue weighted by atomic mass is 35.5. The van der Waals surface area contributed by atoms with Crippen molar-refractivity contribution in [3.63, 3.8) is 0 Å². The highest BCUT2D eigenvalue weighted by Crippen LogP contribution is 2.41. The fraction of sp³-hybridized carbons (Fsp3) is 0.200. The van der Waals surface area contributed by atoms with Crippen LogP contribution >= 0.6 is 23.4 Å². The highest BCUT2D eigenvalue weighted by molar-refractivity contribution is 8.01. The lowest BCUT2D eigenvalue weighted by atomic mass is 10.2. The molecular weight excluding hydrogens is 326 g/mol. The second kappa shape index (κ2) is 6.01. The molecule has 0 bridgehead atoms. The van der Waals surface area contributed by atoms with Crippen LogP contribution in [0.5, 0.6) is 0 Å². The number of hydrogen-bond donors (Lipinski definition) is 0. The maximum Gasteiger partial charge on any atom is 0.244 e. The summed E-state index contributed by atoms with van der Waals surface area (Å²) in [6, 6.07) is 15.9. The van der Waals surface area contributed by atoms with E-state index in [0.29, 0.717) is 16.5 Å². The molecule has 1 atom stereocenters. The fourth-order valence-electron chi connectivity index (χ4n) is 2.32. The first-order valence-corrected chi connectivity index (χ1v) is 9.40. The molecule has 110 valence electrons. The molecule has 0 radical (unpaired) electrons. The number of thioether (sulfide) groups is 1. The normalized spacial score (nSPS) is 19.8. The Morgan fingerprint density at radius 2 is 1.71 bits per heavy atom. The van der Waals surface area contributed by atoms with Crippen molar-refractivity contribution in [2.75, 3.05) is 12.3 Å². The van der Waals surface area contributed by atoms with E-state index in [4.69, 9.17) is 11.6 Å². The maximum absolute atomic E-state index is 12.8. The summed E-state index contributed by atoms with van der Waals surface area (Å²) < 4.78 is 27.1. The molecule has 21 heavy (non-hydrogen) atoms. The van der Waals surface area contributed by atoms with Crippen molar-refractivity contribution in [3.8, 4) is 0 Å². The summed E-state index contributed by atoms with van der Waals surface area (Å²) >= 11 is 7.54. The van der Waals surface area contributed by atoms with Gasteiger partial charge < -0.3 is 0 Å². The van der Waals surface area contributed by atoms with Crippen LogP contribution in [0.4, 0.5) is 0 Å². The zero-order valence-corrected chi connectivity index (χ0v) is 13.5. The molecule has 0 amide bonds. The van der Waals surface area contributed by atoms with Crippen molar-refractivity contribution >= 4 is 33.4 Å². The average molecular weight is 340 g/mol. The Bertz CT molecular complexity index is 717. The van der Waals surface area contributed by atoms with Gasteiger partial charge in [0.05, 0.1) is 10.3 Å². The van der Waals surface area contributed by atoms with E-state index in [1.807, 2.05) is 18.2 Å². The van der Waals surface area contributed by atoms with Gasteiger partial charge in [0.2, 0.25) is 10.0 Å². The summed E-state index contributed by atoms with van der Waals surface area (Å²) in [5.41, 5.74) is 0.960. The van der Waals surface area contributed by atoms with Crippen LogP contribution in [0, 0.1) is 0 Å². The predicted octanol–water partition coefficient (Wildman–Crippen LogP) is 3.78. The first-order valence-electron chi connectivity index (χ1n) is 6.53. The van der Waals surface area contributed by atoms with Crippen LogP contribution < -0.4 is 0 Å². The molecule has 1 aliphatic heterocycles. The van der Waals surface area contributed by atoms with E-state index in [1.54, 1.807) is 52.5 Å². The molecule has 2 aromatic carbocycles. The summed E-state index contributed by atoms with van der Waals surface area (Å²) in [4.78, 5) is 0.339. The van der Waals surface area contributed by atoms with E-state index < -0.39 is 10.0 Å². The summed E-state index contributed by atoms with van der Waals surface area (Å²) in [6.45, 7) is 0.523. The number of nitrogens with zero attached hydrogens (tertiary/aromatic N) is 1. The molecule has 1 aliphatic rings. The molecule has 0 saturated carbocycles. The molecule has 0 unspecified atom stereocenters. The Balaban J connectivity index is 1.96. The standard InChI is InChI=1S/C15H14ClNO2S2/c16-13-8-6-12(7-9-13)15-17(10-11-20-15)21(18,19)14-4-2-1-3-5-14/h1-9,15H,10-11H2/t15-/m0/s1. The van der Waals surface area contributed by atoms with Crippen LogP contribution in [0.1, 0.15) is 10.9 Å². The number of benzene rings is 2. The van der Waals surface area contributed by atoms with Gasteiger partial charge in [-0.05, 0) is 29.8 Å². The monoisotopic (exact) mass is 339 g/mol. The zero-order valence-electron chi connectivity index (χ0n) is 11.1. The lowest BCUT2D eigenvalue weighted by Crippen LogP contribution is -2.30. The first-order chi connectivity index (χ1) is 10.1. The molecule has 6 heteroatoms. The number of sulfonamides is 1. The minimum atomic E-state index is -3.47. The van der Waals surface area contributed by atoms with E-state index >= 15 is 0 Å². The van der Waals surface area contributed by atoms with Gasteiger partial charge in [-0.3, -0.25) is 0 Å². The molecule has 3 rings (SSSR count). The van der Waals surface area contributed by atoms with E-state index in [0.717, 1.165) is 11.3 Å². The largest absolute Gasteiger partial charge is 0.244 e. The van der Waals surface area contributed by atoms with Gasteiger partial charge in [0.25, 0.3) is 0 Å². The van der Waals surface area contributed by atoms with Crippen molar-refractivity contribution < 1.29 is 8.42 Å². The molecule has 1 heterocycles. The fourth-order valence-corrected chi connectivity index (χ4v) is 5.71. The van der Waals surface area contributed by atoms with E-state index in [2.05, 4.69) is 0 Å². The Morgan fingerprint density at radius 3 is 2.38 bits per heavy atom. The molecule has 0 aromatic heterocycles. The summed E-state index contributed by atoms with van der Waals surface area (Å²) in [5.74, 6) is 0.791. The van der Waals surface area contributed by atoms with Crippen molar-refractivity contribution in [2.24, 2.45) is 0 Å². The van der Waals surface area contributed by atoms with Gasteiger partial charge in [-0.2, -0.15) is 4.31 Å². The number of halogens is 1. The predicted molar refractivity (Wildman–Crippen MR) is 87.0 cm³/mol. The topological polar surface area (TPSA) is 37.4 Å². The van der Waals surface area contributed by atoms with Crippen molar-refractivity contribution in [2.45, 2.75) is 10.3 Å². The third-order valence-corrected chi connectivity index (χ3v) is 6.88. The first kappa shape index (κ1) is 14.9. The van der Waals surface area contributed by atoms with Gasteiger partial charge in [0.15, 0.2) is 0 Å². The van der Waals surface area contributed by atoms with E-state index in [1.165, 1.54) is 0 Å². The maximum atomic E-state index is 12.8. The van der Waals surface area contributed by atoms with Crippen molar-refractivity contribution in [1.82, 2.24) is 4.31 Å². The smallest absolute Gasteiger partial charge is 0.207 e. The third-order valence-electron chi connectivity index (χ3n) is 3.35. The second-order valence-corrected chi connectivity index (χ2v) is 8.22. The minimum absolute atomic E-state index is 0.188. The quantitative estimate of drug-likeness (QED) is 0.854. The van der Waals surface area contributed by atoms with Gasteiger partial charge in [-0.15, -0.1) is 11.8 Å². The Labute approximate surface area is 134 Å². The molecule has 0 aliphatic carbocycles. The average Bonchev–Trinajstić information content (AvgIpc) is 2.99. The van der Waals surface area contributed by atoms with Gasteiger partial charge in [0, 0.05) is 17.3 Å². The van der Waals surface area contributed by atoms with Gasteiger partial charge in [0.1, 0.15) is 0 Å². The van der Waals surface area contributed by atoms with Gasteiger partial charge in [-0.1, -0.05) is 41.9 Å².